The maximum atomic E-state index is 11.1. The topological polar surface area (TPSA) is 70.0 Å². The van der Waals surface area contributed by atoms with E-state index in [1.54, 1.807) is 13.2 Å². The molecule has 5 heteroatoms. The van der Waals surface area contributed by atoms with Gasteiger partial charge in [0.2, 0.25) is 5.91 Å². The van der Waals surface area contributed by atoms with Crippen molar-refractivity contribution >= 4 is 16.7 Å². The summed E-state index contributed by atoms with van der Waals surface area (Å²) in [4.78, 5) is 11.1. The Balaban J connectivity index is 3.85. The summed E-state index contributed by atoms with van der Waals surface area (Å²) in [7, 11) is -0.940. The van der Waals surface area contributed by atoms with E-state index in [0.29, 0.717) is 6.54 Å². The van der Waals surface area contributed by atoms with E-state index in [4.69, 9.17) is 5.26 Å². The first-order chi connectivity index (χ1) is 5.99. The summed E-state index contributed by atoms with van der Waals surface area (Å²) < 4.78 is 10.9. The zero-order valence-electron chi connectivity index (χ0n) is 8.03. The van der Waals surface area contributed by atoms with Gasteiger partial charge in [0.25, 0.3) is 0 Å². The summed E-state index contributed by atoms with van der Waals surface area (Å²) in [5.74, 6) is -0.947. The Kier molecular flexibility index (Phi) is 5.31. The van der Waals surface area contributed by atoms with E-state index in [0.717, 1.165) is 0 Å². The van der Waals surface area contributed by atoms with Gasteiger partial charge >= 0.3 is 0 Å². The first kappa shape index (κ1) is 12.1. The number of carbonyl (C=O) groups is 1. The van der Waals surface area contributed by atoms with E-state index >= 15 is 0 Å². The Labute approximate surface area is 80.8 Å². The summed E-state index contributed by atoms with van der Waals surface area (Å²) in [5, 5.41) is 10.9. The Morgan fingerprint density at radius 3 is 2.54 bits per heavy atom. The van der Waals surface area contributed by atoms with Crippen LogP contribution in [0.25, 0.3) is 0 Å². The third kappa shape index (κ3) is 4.63. The minimum atomic E-state index is -0.940. The molecular weight excluding hydrogens is 188 g/mol. The highest BCUT2D eigenvalue weighted by molar-refractivity contribution is 7.84. The third-order valence-electron chi connectivity index (χ3n) is 1.72. The van der Waals surface area contributed by atoms with Crippen molar-refractivity contribution < 1.29 is 9.00 Å². The molecule has 0 saturated heterocycles. The lowest BCUT2D eigenvalue weighted by Gasteiger charge is -2.10. The number of nitrogens with zero attached hydrogens (tertiary/aromatic N) is 1. The molecule has 0 aromatic heterocycles. The van der Waals surface area contributed by atoms with Gasteiger partial charge in [0.1, 0.15) is 5.92 Å². The minimum Gasteiger partial charge on any atom is -0.354 e. The molecule has 0 fully saturated rings. The zero-order valence-corrected chi connectivity index (χ0v) is 8.85. The van der Waals surface area contributed by atoms with Crippen LogP contribution in [0.15, 0.2) is 0 Å². The summed E-state index contributed by atoms with van der Waals surface area (Å²) in [6, 6.07) is 1.83. The highest BCUT2D eigenvalue weighted by atomic mass is 32.2. The third-order valence-corrected chi connectivity index (χ3v) is 3.02. The minimum absolute atomic E-state index is 0.0742. The number of carbonyl (C=O) groups excluding carboxylic acids is 1. The van der Waals surface area contributed by atoms with Gasteiger partial charge in [-0.15, -0.1) is 0 Å². The molecule has 3 atom stereocenters. The van der Waals surface area contributed by atoms with Crippen molar-refractivity contribution in [1.29, 1.82) is 5.26 Å². The van der Waals surface area contributed by atoms with Crippen molar-refractivity contribution in [2.45, 2.75) is 19.1 Å². The fourth-order valence-corrected chi connectivity index (χ4v) is 0.891. The molecule has 0 aromatic carbocycles. The van der Waals surface area contributed by atoms with Crippen LogP contribution in [-0.2, 0) is 15.6 Å². The highest BCUT2D eigenvalue weighted by Crippen LogP contribution is 1.93. The lowest BCUT2D eigenvalue weighted by atomic mass is 10.2. The predicted molar refractivity (Wildman–Crippen MR) is 51.3 cm³/mol. The molecule has 0 aromatic rings. The van der Waals surface area contributed by atoms with Crippen LogP contribution in [0.1, 0.15) is 13.8 Å². The molecule has 0 aliphatic rings. The molecule has 0 aliphatic carbocycles. The quantitative estimate of drug-likeness (QED) is 0.699. The van der Waals surface area contributed by atoms with Gasteiger partial charge in [-0.1, -0.05) is 0 Å². The molecule has 1 amide bonds. The van der Waals surface area contributed by atoms with Crippen molar-refractivity contribution in [3.05, 3.63) is 0 Å². The predicted octanol–water partition coefficient (Wildman–Crippen LogP) is 0.0293. The summed E-state index contributed by atoms with van der Waals surface area (Å²) >= 11 is 0. The van der Waals surface area contributed by atoms with Crippen molar-refractivity contribution in [3.8, 4) is 6.07 Å². The number of rotatable bonds is 4. The fourth-order valence-electron chi connectivity index (χ4n) is 0.573. The number of amides is 1. The van der Waals surface area contributed by atoms with E-state index in [1.165, 1.54) is 6.92 Å². The van der Waals surface area contributed by atoms with Crippen molar-refractivity contribution in [3.63, 3.8) is 0 Å². The largest absolute Gasteiger partial charge is 0.354 e. The second kappa shape index (κ2) is 5.70. The van der Waals surface area contributed by atoms with E-state index in [2.05, 4.69) is 5.32 Å². The van der Waals surface area contributed by atoms with Crippen LogP contribution >= 0.6 is 0 Å². The normalized spacial score (nSPS) is 16.8. The highest BCUT2D eigenvalue weighted by Gasteiger charge is 2.13. The van der Waals surface area contributed by atoms with Crippen molar-refractivity contribution in [2.24, 2.45) is 5.92 Å². The molecule has 74 valence electrons. The fraction of sp³-hybridized carbons (Fsp3) is 0.750. The summed E-state index contributed by atoms with van der Waals surface area (Å²) in [6.07, 6.45) is 1.59. The standard InChI is InChI=1S/C8H14N2O2S/c1-6(4-9)8(11)10-5-7(2)13(3)12/h6-7H,5H2,1-3H3,(H,10,11). The molecule has 13 heavy (non-hydrogen) atoms. The molecule has 0 saturated carbocycles. The first-order valence-corrected chi connectivity index (χ1v) is 5.60. The van der Waals surface area contributed by atoms with Crippen molar-refractivity contribution in [1.82, 2.24) is 5.32 Å². The maximum Gasteiger partial charge on any atom is 0.237 e. The van der Waals surface area contributed by atoms with Crippen LogP contribution in [0.5, 0.6) is 0 Å². The second-order valence-corrected chi connectivity index (χ2v) is 4.71. The van der Waals surface area contributed by atoms with Gasteiger partial charge in [-0.05, 0) is 13.8 Å². The smallest absolute Gasteiger partial charge is 0.237 e. The monoisotopic (exact) mass is 202 g/mol. The Bertz CT molecular complexity index is 247. The lowest BCUT2D eigenvalue weighted by Crippen LogP contribution is -2.35. The van der Waals surface area contributed by atoms with Crippen LogP contribution in [0.2, 0.25) is 0 Å². The average molecular weight is 202 g/mol. The van der Waals surface area contributed by atoms with Crippen molar-refractivity contribution in [2.75, 3.05) is 12.8 Å². The molecule has 0 rings (SSSR count). The molecule has 0 heterocycles. The van der Waals surface area contributed by atoms with Crippen LogP contribution in [-0.4, -0.2) is 28.2 Å². The summed E-state index contributed by atoms with van der Waals surface area (Å²) in [5.41, 5.74) is 0. The molecule has 0 radical (unpaired) electrons. The van der Waals surface area contributed by atoms with Gasteiger partial charge in [-0.25, -0.2) is 0 Å². The molecule has 0 spiro atoms. The first-order valence-electron chi connectivity index (χ1n) is 3.98. The number of nitriles is 1. The van der Waals surface area contributed by atoms with E-state index in [-0.39, 0.29) is 11.2 Å². The van der Waals surface area contributed by atoms with Gasteiger partial charge < -0.3 is 5.32 Å². The molecule has 4 nitrogen and oxygen atoms in total. The number of nitrogens with one attached hydrogen (secondary N) is 1. The van der Waals surface area contributed by atoms with Gasteiger partial charge in [0.05, 0.1) is 6.07 Å². The van der Waals surface area contributed by atoms with E-state index in [1.807, 2.05) is 6.07 Å². The van der Waals surface area contributed by atoms with Gasteiger partial charge in [0, 0.05) is 28.9 Å². The zero-order chi connectivity index (χ0) is 10.4. The Morgan fingerprint density at radius 1 is 1.62 bits per heavy atom. The van der Waals surface area contributed by atoms with Gasteiger partial charge in [-0.2, -0.15) is 5.26 Å². The number of hydrogen-bond donors (Lipinski definition) is 1. The molecule has 0 bridgehead atoms. The van der Waals surface area contributed by atoms with Gasteiger partial charge in [0.15, 0.2) is 0 Å². The molecule has 3 unspecified atom stereocenters. The lowest BCUT2D eigenvalue weighted by molar-refractivity contribution is -0.122. The Morgan fingerprint density at radius 2 is 2.15 bits per heavy atom. The molecule has 1 N–H and O–H groups in total. The van der Waals surface area contributed by atoms with Crippen LogP contribution in [0.3, 0.4) is 0 Å². The van der Waals surface area contributed by atoms with E-state index in [9.17, 15) is 9.00 Å². The average Bonchev–Trinajstić information content (AvgIpc) is 2.11. The Hall–Kier alpha value is -0.890. The SMILES string of the molecule is CC(C#N)C(=O)NCC(C)S(C)=O. The van der Waals surface area contributed by atoms with Crippen LogP contribution < -0.4 is 5.32 Å². The number of hydrogen-bond acceptors (Lipinski definition) is 3. The van der Waals surface area contributed by atoms with Gasteiger partial charge in [-0.3, -0.25) is 9.00 Å². The van der Waals surface area contributed by atoms with Crippen LogP contribution in [0.4, 0.5) is 0 Å². The second-order valence-electron chi connectivity index (χ2n) is 2.91. The summed E-state index contributed by atoms with van der Waals surface area (Å²) in [6.45, 7) is 3.67. The maximum absolute atomic E-state index is 11.1. The van der Waals surface area contributed by atoms with Crippen LogP contribution in [0, 0.1) is 17.2 Å². The molecule has 0 aliphatic heterocycles. The molecular formula is C8H14N2O2S. The van der Waals surface area contributed by atoms with E-state index < -0.39 is 16.7 Å².